The van der Waals surface area contributed by atoms with E-state index in [1.54, 1.807) is 13.8 Å². The Morgan fingerprint density at radius 1 is 1.15 bits per heavy atom. The van der Waals surface area contributed by atoms with Gasteiger partial charge in [0.25, 0.3) is 0 Å². The highest BCUT2D eigenvalue weighted by Crippen LogP contribution is 2.64. The Bertz CT molecular complexity index is 762. The summed E-state index contributed by atoms with van der Waals surface area (Å²) in [5, 5.41) is 32.1. The van der Waals surface area contributed by atoms with Crippen LogP contribution in [0.1, 0.15) is 46.5 Å². The third kappa shape index (κ3) is 1.98. The van der Waals surface area contributed by atoms with Crippen molar-refractivity contribution in [3.63, 3.8) is 0 Å². The summed E-state index contributed by atoms with van der Waals surface area (Å²) >= 11 is 0. The van der Waals surface area contributed by atoms with Gasteiger partial charge in [0.05, 0.1) is 12.7 Å². The third-order valence-corrected chi connectivity index (χ3v) is 7.19. The molecule has 5 unspecified atom stereocenters. The Labute approximate surface area is 152 Å². The standard InChI is InChI=1S/C20H26O6/c1-9(2)12-15(22)13-10(21)7-11-19(3)5-4-6-20(11,8-26-18(19)25)14(13)17(24)16(12)23/h9-11,18,21-22,25H,4-8H2,1-3H3. The Hall–Kier alpha value is -1.50. The highest BCUT2D eigenvalue weighted by Gasteiger charge is 2.65. The predicted molar refractivity (Wildman–Crippen MR) is 92.0 cm³/mol. The largest absolute Gasteiger partial charge is 0.507 e. The van der Waals surface area contributed by atoms with Crippen molar-refractivity contribution in [2.75, 3.05) is 6.61 Å². The van der Waals surface area contributed by atoms with Crippen LogP contribution in [0.15, 0.2) is 22.5 Å². The molecule has 142 valence electrons. The van der Waals surface area contributed by atoms with Gasteiger partial charge in [-0.25, -0.2) is 0 Å². The summed E-state index contributed by atoms with van der Waals surface area (Å²) in [6, 6.07) is 0. The molecular weight excluding hydrogens is 336 g/mol. The number of allylic oxidation sites excluding steroid dienone is 1. The van der Waals surface area contributed by atoms with E-state index in [-0.39, 0.29) is 40.9 Å². The van der Waals surface area contributed by atoms with Gasteiger partial charge in [0.2, 0.25) is 11.6 Å². The van der Waals surface area contributed by atoms with Crippen LogP contribution < -0.4 is 0 Å². The molecule has 6 heteroatoms. The van der Waals surface area contributed by atoms with Gasteiger partial charge in [0, 0.05) is 27.5 Å². The Morgan fingerprint density at radius 3 is 2.50 bits per heavy atom. The zero-order valence-electron chi connectivity index (χ0n) is 15.4. The van der Waals surface area contributed by atoms with Crippen molar-refractivity contribution in [2.24, 2.45) is 22.7 Å². The zero-order chi connectivity index (χ0) is 19.0. The van der Waals surface area contributed by atoms with E-state index in [1.807, 2.05) is 6.92 Å². The quantitative estimate of drug-likeness (QED) is 0.485. The summed E-state index contributed by atoms with van der Waals surface area (Å²) in [4.78, 5) is 25.9. The highest BCUT2D eigenvalue weighted by molar-refractivity contribution is 6.50. The summed E-state index contributed by atoms with van der Waals surface area (Å²) in [5.41, 5.74) is -0.802. The SMILES string of the molecule is CC(C)C1=C(O)C2=C(C(=O)C1=O)C13CCCC(C)(C(O)OC1)C3CC2O. The van der Waals surface area contributed by atoms with E-state index in [4.69, 9.17) is 4.74 Å². The predicted octanol–water partition coefficient (Wildman–Crippen LogP) is 1.81. The minimum atomic E-state index is -1.03. The first kappa shape index (κ1) is 17.9. The number of Topliss-reactive ketones (excluding diaryl/α,β-unsaturated/α-hetero) is 2. The Kier molecular flexibility index (Phi) is 3.79. The number of rotatable bonds is 1. The molecule has 6 nitrogen and oxygen atoms in total. The second kappa shape index (κ2) is 5.50. The van der Waals surface area contributed by atoms with E-state index in [1.165, 1.54) is 0 Å². The second-order valence-corrected chi connectivity index (χ2v) is 8.85. The fourth-order valence-electron chi connectivity index (χ4n) is 5.94. The minimum absolute atomic E-state index is 0.0815. The Balaban J connectivity index is 1.98. The number of hydrogen-bond acceptors (Lipinski definition) is 6. The number of aliphatic hydroxyl groups is 3. The van der Waals surface area contributed by atoms with Crippen molar-refractivity contribution in [3.8, 4) is 0 Å². The van der Waals surface area contributed by atoms with Gasteiger partial charge in [-0.2, -0.15) is 0 Å². The van der Waals surface area contributed by atoms with Crippen LogP contribution in [0.25, 0.3) is 0 Å². The maximum atomic E-state index is 13.1. The number of carbonyl (C=O) groups excluding carboxylic acids is 2. The van der Waals surface area contributed by atoms with E-state index < -0.39 is 34.8 Å². The van der Waals surface area contributed by atoms with Crippen LogP contribution >= 0.6 is 0 Å². The number of carbonyl (C=O) groups is 2. The van der Waals surface area contributed by atoms with E-state index in [0.29, 0.717) is 12.8 Å². The fourth-order valence-corrected chi connectivity index (χ4v) is 5.94. The van der Waals surface area contributed by atoms with Crippen LogP contribution in [-0.4, -0.2) is 45.9 Å². The molecule has 4 aliphatic rings. The van der Waals surface area contributed by atoms with E-state index in [0.717, 1.165) is 12.8 Å². The molecule has 1 aliphatic heterocycles. The second-order valence-electron chi connectivity index (χ2n) is 8.85. The number of aliphatic hydroxyl groups excluding tert-OH is 3. The molecule has 0 aromatic heterocycles. The van der Waals surface area contributed by atoms with Crippen molar-refractivity contribution in [1.29, 1.82) is 0 Å². The molecule has 0 aromatic rings. The summed E-state index contributed by atoms with van der Waals surface area (Å²) < 4.78 is 5.66. The van der Waals surface area contributed by atoms with E-state index in [9.17, 15) is 24.9 Å². The van der Waals surface area contributed by atoms with Gasteiger partial charge in [-0.05, 0) is 31.1 Å². The van der Waals surface area contributed by atoms with Gasteiger partial charge in [0.1, 0.15) is 5.76 Å². The van der Waals surface area contributed by atoms with Gasteiger partial charge < -0.3 is 20.1 Å². The van der Waals surface area contributed by atoms with Crippen molar-refractivity contribution < 1.29 is 29.6 Å². The zero-order valence-corrected chi connectivity index (χ0v) is 15.4. The van der Waals surface area contributed by atoms with Crippen molar-refractivity contribution in [2.45, 2.75) is 58.8 Å². The summed E-state index contributed by atoms with van der Waals surface area (Å²) in [5.74, 6) is -2.04. The molecule has 3 N–H and O–H groups in total. The molecule has 1 saturated carbocycles. The van der Waals surface area contributed by atoms with Crippen LogP contribution in [0.5, 0.6) is 0 Å². The fraction of sp³-hybridized carbons (Fsp3) is 0.700. The van der Waals surface area contributed by atoms with Gasteiger partial charge in [0.15, 0.2) is 6.29 Å². The lowest BCUT2D eigenvalue weighted by molar-refractivity contribution is -0.280. The first-order chi connectivity index (χ1) is 12.1. The van der Waals surface area contributed by atoms with Crippen LogP contribution in [0.3, 0.4) is 0 Å². The van der Waals surface area contributed by atoms with Gasteiger partial charge >= 0.3 is 0 Å². The van der Waals surface area contributed by atoms with Gasteiger partial charge in [-0.1, -0.05) is 27.2 Å². The molecule has 0 aromatic carbocycles. The lowest BCUT2D eigenvalue weighted by Crippen LogP contribution is -2.63. The third-order valence-electron chi connectivity index (χ3n) is 7.19. The normalized spacial score (nSPS) is 42.9. The summed E-state index contributed by atoms with van der Waals surface area (Å²) in [7, 11) is 0. The molecule has 2 fully saturated rings. The van der Waals surface area contributed by atoms with Crippen LogP contribution in [0.4, 0.5) is 0 Å². The molecule has 2 bridgehead atoms. The number of ketones is 2. The molecule has 1 heterocycles. The summed E-state index contributed by atoms with van der Waals surface area (Å²) in [6.07, 6.45) is 0.527. The maximum Gasteiger partial charge on any atom is 0.233 e. The van der Waals surface area contributed by atoms with Crippen LogP contribution in [0.2, 0.25) is 0 Å². The van der Waals surface area contributed by atoms with E-state index >= 15 is 0 Å². The molecule has 5 atom stereocenters. The first-order valence-electron chi connectivity index (χ1n) is 9.40. The minimum Gasteiger partial charge on any atom is -0.507 e. The number of hydrogen-bond donors (Lipinski definition) is 3. The molecule has 26 heavy (non-hydrogen) atoms. The average molecular weight is 362 g/mol. The lowest BCUT2D eigenvalue weighted by Gasteiger charge is -2.62. The van der Waals surface area contributed by atoms with Gasteiger partial charge in [-0.15, -0.1) is 0 Å². The maximum absolute atomic E-state index is 13.1. The first-order valence-corrected chi connectivity index (χ1v) is 9.40. The molecule has 3 aliphatic carbocycles. The molecule has 1 saturated heterocycles. The summed E-state index contributed by atoms with van der Waals surface area (Å²) in [6.45, 7) is 5.55. The molecule has 4 rings (SSSR count). The molecular formula is C20H26O6. The highest BCUT2D eigenvalue weighted by atomic mass is 16.6. The smallest absolute Gasteiger partial charge is 0.233 e. The molecule has 0 amide bonds. The van der Waals surface area contributed by atoms with Crippen LogP contribution in [0, 0.1) is 22.7 Å². The molecule has 0 radical (unpaired) electrons. The monoisotopic (exact) mass is 362 g/mol. The van der Waals surface area contributed by atoms with Gasteiger partial charge in [-0.3, -0.25) is 9.59 Å². The lowest BCUT2D eigenvalue weighted by atomic mass is 9.46. The van der Waals surface area contributed by atoms with Crippen molar-refractivity contribution in [1.82, 2.24) is 0 Å². The van der Waals surface area contributed by atoms with Crippen molar-refractivity contribution in [3.05, 3.63) is 22.5 Å². The molecule has 0 spiro atoms. The average Bonchev–Trinajstić information content (AvgIpc) is 2.56. The Morgan fingerprint density at radius 2 is 1.85 bits per heavy atom. The topological polar surface area (TPSA) is 104 Å². The van der Waals surface area contributed by atoms with Crippen molar-refractivity contribution >= 4 is 11.6 Å². The van der Waals surface area contributed by atoms with E-state index in [2.05, 4.69) is 0 Å². The number of ether oxygens (including phenoxy) is 1. The van der Waals surface area contributed by atoms with Crippen LogP contribution in [-0.2, 0) is 14.3 Å².